The van der Waals surface area contributed by atoms with Gasteiger partial charge in [-0.15, -0.1) is 0 Å². The van der Waals surface area contributed by atoms with Gasteiger partial charge in [-0.1, -0.05) is 19.9 Å². The zero-order valence-electron chi connectivity index (χ0n) is 11.7. The van der Waals surface area contributed by atoms with E-state index in [1.54, 1.807) is 12.1 Å². The number of nitrogens with zero attached hydrogens (tertiary/aromatic N) is 1. The summed E-state index contributed by atoms with van der Waals surface area (Å²) in [6.45, 7) is 5.90. The first-order valence-electron chi connectivity index (χ1n) is 6.75. The fourth-order valence-corrected chi connectivity index (χ4v) is 3.26. The molecular weight excluding hydrogens is 325 g/mol. The molecule has 1 aromatic carbocycles. The fourth-order valence-electron chi connectivity index (χ4n) is 2.84. The number of rotatable bonds is 4. The third-order valence-electron chi connectivity index (χ3n) is 4.30. The Balaban J connectivity index is 2.09. The van der Waals surface area contributed by atoms with Crippen LogP contribution in [0.25, 0.3) is 0 Å². The highest BCUT2D eigenvalue weighted by molar-refractivity contribution is 9.10. The number of hydrogen-bond acceptors (Lipinski definition) is 2. The van der Waals surface area contributed by atoms with Crippen LogP contribution >= 0.6 is 15.9 Å². The van der Waals surface area contributed by atoms with Gasteiger partial charge in [0.05, 0.1) is 9.89 Å². The molecule has 0 spiro atoms. The van der Waals surface area contributed by atoms with Crippen LogP contribution in [0.2, 0.25) is 0 Å². The summed E-state index contributed by atoms with van der Waals surface area (Å²) < 4.78 is 13.7. The van der Waals surface area contributed by atoms with Crippen molar-refractivity contribution in [2.24, 2.45) is 11.3 Å². The van der Waals surface area contributed by atoms with Crippen molar-refractivity contribution in [3.63, 3.8) is 0 Å². The minimum Gasteiger partial charge on any atom is -0.481 e. The van der Waals surface area contributed by atoms with Gasteiger partial charge in [-0.05, 0) is 52.5 Å². The van der Waals surface area contributed by atoms with Gasteiger partial charge in [0.15, 0.2) is 0 Å². The number of halogens is 2. The number of hydrogen-bond donors (Lipinski definition) is 1. The topological polar surface area (TPSA) is 40.5 Å². The van der Waals surface area contributed by atoms with E-state index in [0.717, 1.165) is 12.1 Å². The van der Waals surface area contributed by atoms with Crippen LogP contribution < -0.4 is 0 Å². The second-order valence-corrected chi connectivity index (χ2v) is 6.68. The Kier molecular flexibility index (Phi) is 4.49. The maximum absolute atomic E-state index is 13.2. The average Bonchev–Trinajstić information content (AvgIpc) is 2.79. The molecule has 3 nitrogen and oxygen atoms in total. The van der Waals surface area contributed by atoms with Gasteiger partial charge < -0.3 is 5.11 Å². The molecule has 1 aromatic rings. The summed E-state index contributed by atoms with van der Waals surface area (Å²) in [5, 5.41) is 9.51. The zero-order valence-corrected chi connectivity index (χ0v) is 13.3. The van der Waals surface area contributed by atoms with Gasteiger partial charge in [0.2, 0.25) is 0 Å². The van der Waals surface area contributed by atoms with Crippen molar-refractivity contribution in [3.05, 3.63) is 34.1 Å². The van der Waals surface area contributed by atoms with Crippen molar-refractivity contribution < 1.29 is 14.3 Å². The highest BCUT2D eigenvalue weighted by atomic mass is 79.9. The largest absolute Gasteiger partial charge is 0.481 e. The van der Waals surface area contributed by atoms with Crippen molar-refractivity contribution in [1.29, 1.82) is 0 Å². The molecule has 1 unspecified atom stereocenters. The van der Waals surface area contributed by atoms with E-state index in [0.29, 0.717) is 24.0 Å². The van der Waals surface area contributed by atoms with Crippen LogP contribution in [0.4, 0.5) is 4.39 Å². The van der Waals surface area contributed by atoms with Gasteiger partial charge in [-0.3, -0.25) is 9.69 Å². The Hall–Kier alpha value is -0.940. The Morgan fingerprint density at radius 3 is 2.75 bits per heavy atom. The highest BCUT2D eigenvalue weighted by Gasteiger charge is 2.47. The Morgan fingerprint density at radius 1 is 1.55 bits per heavy atom. The number of carboxylic acids is 1. The molecular formula is C15H19BrFNO2. The molecule has 1 saturated heterocycles. The second-order valence-electron chi connectivity index (χ2n) is 5.83. The molecule has 1 fully saturated rings. The molecule has 0 saturated carbocycles. The first-order chi connectivity index (χ1) is 9.35. The van der Waals surface area contributed by atoms with Crippen molar-refractivity contribution in [2.45, 2.75) is 26.8 Å². The van der Waals surface area contributed by atoms with Crippen LogP contribution in [0.5, 0.6) is 0 Å². The Labute approximate surface area is 126 Å². The molecule has 20 heavy (non-hydrogen) atoms. The number of carbonyl (C=O) groups is 1. The molecule has 1 N–H and O–H groups in total. The van der Waals surface area contributed by atoms with Crippen LogP contribution in [0.3, 0.4) is 0 Å². The summed E-state index contributed by atoms with van der Waals surface area (Å²) in [6.07, 6.45) is 0.669. The Morgan fingerprint density at radius 2 is 2.25 bits per heavy atom. The highest BCUT2D eigenvalue weighted by Crippen LogP contribution is 2.38. The lowest BCUT2D eigenvalue weighted by Crippen LogP contribution is -2.39. The average molecular weight is 344 g/mol. The first-order valence-corrected chi connectivity index (χ1v) is 7.54. The molecule has 1 aliphatic heterocycles. The summed E-state index contributed by atoms with van der Waals surface area (Å²) in [5.74, 6) is -0.891. The van der Waals surface area contributed by atoms with Crippen LogP contribution in [0, 0.1) is 17.2 Å². The molecule has 1 heterocycles. The second kappa shape index (κ2) is 5.82. The molecule has 110 valence electrons. The van der Waals surface area contributed by atoms with E-state index < -0.39 is 11.4 Å². The van der Waals surface area contributed by atoms with Crippen LogP contribution in [0.1, 0.15) is 25.8 Å². The number of carboxylic acid groups (broad SMARTS) is 1. The lowest BCUT2D eigenvalue weighted by atomic mass is 9.76. The van der Waals surface area contributed by atoms with E-state index in [1.807, 2.05) is 13.8 Å². The molecule has 0 aromatic heterocycles. The third-order valence-corrected chi connectivity index (χ3v) is 4.91. The van der Waals surface area contributed by atoms with Gasteiger partial charge in [0.25, 0.3) is 0 Å². The maximum atomic E-state index is 13.2. The molecule has 1 aliphatic rings. The molecule has 2 rings (SSSR count). The van der Waals surface area contributed by atoms with Crippen molar-refractivity contribution >= 4 is 21.9 Å². The molecule has 0 bridgehead atoms. The SMILES string of the molecule is CC(C)C1(C(=O)O)CCN(Cc2ccc(F)c(Br)c2)C1. The summed E-state index contributed by atoms with van der Waals surface area (Å²) in [5.41, 5.74) is 0.334. The predicted octanol–water partition coefficient (Wildman–Crippen LogP) is 3.52. The minimum atomic E-state index is -0.713. The van der Waals surface area contributed by atoms with Gasteiger partial charge >= 0.3 is 5.97 Å². The molecule has 1 atom stereocenters. The summed E-state index contributed by atoms with van der Waals surface area (Å²) in [4.78, 5) is 13.7. The molecule has 0 radical (unpaired) electrons. The monoisotopic (exact) mass is 343 g/mol. The van der Waals surface area contributed by atoms with Gasteiger partial charge in [-0.2, -0.15) is 0 Å². The normalized spacial score (nSPS) is 23.4. The summed E-state index contributed by atoms with van der Waals surface area (Å²) in [6, 6.07) is 4.93. The van der Waals surface area contributed by atoms with Gasteiger partial charge in [-0.25, -0.2) is 4.39 Å². The minimum absolute atomic E-state index is 0.102. The number of benzene rings is 1. The summed E-state index contributed by atoms with van der Waals surface area (Å²) >= 11 is 3.18. The molecule has 5 heteroatoms. The van der Waals surface area contributed by atoms with Crippen molar-refractivity contribution in [3.8, 4) is 0 Å². The quantitative estimate of drug-likeness (QED) is 0.909. The van der Waals surface area contributed by atoms with Gasteiger partial charge in [0.1, 0.15) is 5.82 Å². The lowest BCUT2D eigenvalue weighted by molar-refractivity contribution is -0.151. The van der Waals surface area contributed by atoms with Crippen LogP contribution in [0.15, 0.2) is 22.7 Å². The fraction of sp³-hybridized carbons (Fsp3) is 0.533. The van der Waals surface area contributed by atoms with E-state index >= 15 is 0 Å². The van der Waals surface area contributed by atoms with E-state index in [-0.39, 0.29) is 11.7 Å². The van der Waals surface area contributed by atoms with E-state index in [9.17, 15) is 14.3 Å². The van der Waals surface area contributed by atoms with Crippen molar-refractivity contribution in [1.82, 2.24) is 4.90 Å². The molecule has 0 amide bonds. The number of aliphatic carboxylic acids is 1. The molecule has 0 aliphatic carbocycles. The van der Waals surface area contributed by atoms with Crippen LogP contribution in [-0.2, 0) is 11.3 Å². The Bertz CT molecular complexity index is 521. The van der Waals surface area contributed by atoms with Crippen LogP contribution in [-0.4, -0.2) is 29.1 Å². The lowest BCUT2D eigenvalue weighted by Gasteiger charge is -2.28. The predicted molar refractivity (Wildman–Crippen MR) is 78.9 cm³/mol. The summed E-state index contributed by atoms with van der Waals surface area (Å²) in [7, 11) is 0. The van der Waals surface area contributed by atoms with Gasteiger partial charge in [0, 0.05) is 13.1 Å². The smallest absolute Gasteiger partial charge is 0.311 e. The van der Waals surface area contributed by atoms with E-state index in [1.165, 1.54) is 6.07 Å². The zero-order chi connectivity index (χ0) is 14.9. The maximum Gasteiger partial charge on any atom is 0.311 e. The number of likely N-dealkylation sites (tertiary alicyclic amines) is 1. The van der Waals surface area contributed by atoms with E-state index in [2.05, 4.69) is 20.8 Å². The standard InChI is InChI=1S/C15H19BrFNO2/c1-10(2)15(14(19)20)5-6-18(9-15)8-11-3-4-13(17)12(16)7-11/h3-4,7,10H,5-6,8-9H2,1-2H3,(H,19,20). The van der Waals surface area contributed by atoms with E-state index in [4.69, 9.17) is 0 Å². The first kappa shape index (κ1) is 15.4. The third kappa shape index (κ3) is 2.88. The van der Waals surface area contributed by atoms with Crippen molar-refractivity contribution in [2.75, 3.05) is 13.1 Å².